The maximum absolute atomic E-state index is 14.0. The minimum absolute atomic E-state index is 0.0910. The van der Waals surface area contributed by atoms with Gasteiger partial charge in [-0.05, 0) is 59.2 Å². The van der Waals surface area contributed by atoms with E-state index in [1.165, 1.54) is 6.92 Å². The van der Waals surface area contributed by atoms with Gasteiger partial charge in [-0.15, -0.1) is 0 Å². The van der Waals surface area contributed by atoms with Crippen LogP contribution in [0.2, 0.25) is 0 Å². The van der Waals surface area contributed by atoms with Crippen LogP contribution in [0.4, 0.5) is 5.69 Å². The van der Waals surface area contributed by atoms with Crippen LogP contribution in [0.25, 0.3) is 11.1 Å². The Hall–Kier alpha value is -4.57. The fourth-order valence-electron chi connectivity index (χ4n) is 6.42. The van der Waals surface area contributed by atoms with Gasteiger partial charge in [-0.25, -0.2) is 0 Å². The summed E-state index contributed by atoms with van der Waals surface area (Å²) in [6.45, 7) is 6.70. The molecule has 1 aliphatic carbocycles. The number of aryl methyl sites for hydroxylation is 1. The second kappa shape index (κ2) is 14.2. The Morgan fingerprint density at radius 2 is 1.72 bits per heavy atom. The predicted molar refractivity (Wildman–Crippen MR) is 177 cm³/mol. The molecule has 0 aromatic heterocycles. The lowest BCUT2D eigenvalue weighted by Crippen LogP contribution is -2.50. The summed E-state index contributed by atoms with van der Waals surface area (Å²) in [5.74, 6) is 1.03. The molecule has 2 amide bonds. The highest BCUT2D eigenvalue weighted by Gasteiger charge is 2.33. The van der Waals surface area contributed by atoms with E-state index >= 15 is 0 Å². The number of anilines is 1. The van der Waals surface area contributed by atoms with E-state index in [4.69, 9.17) is 18.9 Å². The second-order valence-electron chi connectivity index (χ2n) is 12.0. The van der Waals surface area contributed by atoms with Crippen molar-refractivity contribution in [1.29, 1.82) is 0 Å². The first-order valence-electron chi connectivity index (χ1n) is 15.7. The van der Waals surface area contributed by atoms with Crippen molar-refractivity contribution in [2.45, 2.75) is 51.8 Å². The van der Waals surface area contributed by atoms with Gasteiger partial charge in [0.15, 0.2) is 11.5 Å². The van der Waals surface area contributed by atoms with Gasteiger partial charge in [-0.3, -0.25) is 14.4 Å². The van der Waals surface area contributed by atoms with E-state index in [0.717, 1.165) is 22.3 Å². The molecule has 0 bridgehead atoms. The van der Waals surface area contributed by atoms with Gasteiger partial charge in [0, 0.05) is 19.0 Å². The Morgan fingerprint density at radius 1 is 0.978 bits per heavy atom. The Bertz CT molecular complexity index is 1640. The molecule has 1 saturated heterocycles. The summed E-state index contributed by atoms with van der Waals surface area (Å²) in [6.07, 6.45) is 0.933. The molecule has 10 nitrogen and oxygen atoms in total. The van der Waals surface area contributed by atoms with Gasteiger partial charge >= 0.3 is 0 Å². The molecule has 1 heterocycles. The average molecular weight is 630 g/mol. The molecular formula is C36H43N3O7. The van der Waals surface area contributed by atoms with Gasteiger partial charge in [-0.2, -0.15) is 0 Å². The Balaban J connectivity index is 1.55. The third-order valence-electron chi connectivity index (χ3n) is 8.71. The highest BCUT2D eigenvalue weighted by atomic mass is 16.5. The van der Waals surface area contributed by atoms with Crippen molar-refractivity contribution in [3.05, 3.63) is 81.5 Å². The molecule has 5 rings (SSSR count). The monoisotopic (exact) mass is 629 g/mol. The van der Waals surface area contributed by atoms with Crippen LogP contribution in [0, 0.1) is 5.92 Å². The topological polar surface area (TPSA) is 115 Å². The molecule has 1 aliphatic heterocycles. The number of rotatable bonds is 9. The van der Waals surface area contributed by atoms with Gasteiger partial charge in [0.1, 0.15) is 12.1 Å². The summed E-state index contributed by atoms with van der Waals surface area (Å²) in [5, 5.41) is 6.33. The van der Waals surface area contributed by atoms with Gasteiger partial charge in [-0.1, -0.05) is 50.2 Å². The van der Waals surface area contributed by atoms with Crippen LogP contribution in [0.3, 0.4) is 0 Å². The second-order valence-corrected chi connectivity index (χ2v) is 12.0. The normalized spacial score (nSPS) is 18.0. The predicted octanol–water partition coefficient (Wildman–Crippen LogP) is 4.90. The minimum Gasteiger partial charge on any atom is -0.493 e. The van der Waals surface area contributed by atoms with Crippen molar-refractivity contribution in [2.24, 2.45) is 5.92 Å². The molecule has 0 radical (unpaired) electrons. The highest BCUT2D eigenvalue weighted by molar-refractivity contribution is 5.86. The molecule has 0 saturated carbocycles. The molecule has 0 spiro atoms. The summed E-state index contributed by atoms with van der Waals surface area (Å²) in [5.41, 5.74) is 4.10. The number of nitrogens with zero attached hydrogens (tertiary/aromatic N) is 1. The summed E-state index contributed by atoms with van der Waals surface area (Å²) < 4.78 is 23.2. The van der Waals surface area contributed by atoms with E-state index in [-0.39, 0.29) is 35.0 Å². The number of nitrogens with one attached hydrogen (secondary N) is 2. The fraction of sp³-hybridized carbons (Fsp3) is 0.417. The number of benzene rings is 2. The van der Waals surface area contributed by atoms with E-state index in [1.807, 2.05) is 61.2 Å². The number of hydrogen-bond donors (Lipinski definition) is 2. The zero-order valence-corrected chi connectivity index (χ0v) is 27.3. The number of carbonyl (C=O) groups is 2. The Morgan fingerprint density at radius 3 is 2.37 bits per heavy atom. The van der Waals surface area contributed by atoms with E-state index in [0.29, 0.717) is 55.4 Å². The van der Waals surface area contributed by atoms with Crippen LogP contribution in [0.1, 0.15) is 56.0 Å². The minimum atomic E-state index is -0.651. The van der Waals surface area contributed by atoms with Gasteiger partial charge in [0.05, 0.1) is 46.2 Å². The SMILES string of the molecule is COc1cc2c(c(OC)c1OC)-c1ccc(N[C@H](C(=O)N3CCOC(c4ccccc4)C3)C(C)C)c(=O)cc1[C@@H](NC(C)=O)CC2. The van der Waals surface area contributed by atoms with Crippen molar-refractivity contribution in [3.63, 3.8) is 0 Å². The Kier molecular flexibility index (Phi) is 10.2. The lowest BCUT2D eigenvalue weighted by atomic mass is 9.95. The number of methoxy groups -OCH3 is 3. The number of ether oxygens (including phenoxy) is 4. The number of fused-ring (bicyclic) bond motifs is 3. The summed E-state index contributed by atoms with van der Waals surface area (Å²) in [6, 6.07) is 15.8. The summed E-state index contributed by atoms with van der Waals surface area (Å²) in [4.78, 5) is 42.0. The number of amides is 2. The first-order valence-corrected chi connectivity index (χ1v) is 15.7. The van der Waals surface area contributed by atoms with Crippen LogP contribution < -0.4 is 30.3 Å². The Labute approximate surface area is 270 Å². The molecule has 46 heavy (non-hydrogen) atoms. The molecular weight excluding hydrogens is 586 g/mol. The van der Waals surface area contributed by atoms with Crippen LogP contribution in [0.15, 0.2) is 59.4 Å². The van der Waals surface area contributed by atoms with Crippen molar-refractivity contribution in [2.75, 3.05) is 46.3 Å². The molecule has 1 fully saturated rings. The third kappa shape index (κ3) is 6.67. The van der Waals surface area contributed by atoms with Crippen LogP contribution in [-0.2, 0) is 20.7 Å². The molecule has 3 atom stereocenters. The lowest BCUT2D eigenvalue weighted by molar-refractivity contribution is -0.140. The van der Waals surface area contributed by atoms with Crippen molar-refractivity contribution >= 4 is 17.5 Å². The first-order chi connectivity index (χ1) is 22.2. The van der Waals surface area contributed by atoms with Gasteiger partial charge in [0.2, 0.25) is 23.0 Å². The summed E-state index contributed by atoms with van der Waals surface area (Å²) >= 11 is 0. The zero-order valence-electron chi connectivity index (χ0n) is 27.3. The van der Waals surface area contributed by atoms with Crippen LogP contribution in [0.5, 0.6) is 17.2 Å². The smallest absolute Gasteiger partial charge is 0.245 e. The molecule has 10 heteroatoms. The average Bonchev–Trinajstić information content (AvgIpc) is 3.30. The maximum Gasteiger partial charge on any atom is 0.245 e. The number of morpholine rings is 1. The lowest BCUT2D eigenvalue weighted by Gasteiger charge is -2.36. The maximum atomic E-state index is 14.0. The van der Waals surface area contributed by atoms with E-state index < -0.39 is 12.1 Å². The molecule has 3 aromatic carbocycles. The number of hydrogen-bond acceptors (Lipinski definition) is 8. The van der Waals surface area contributed by atoms with Crippen molar-refractivity contribution in [1.82, 2.24) is 10.2 Å². The quantitative estimate of drug-likeness (QED) is 0.344. The largest absolute Gasteiger partial charge is 0.493 e. The number of carbonyl (C=O) groups excluding carboxylic acids is 2. The van der Waals surface area contributed by atoms with Gasteiger partial charge < -0.3 is 34.5 Å². The van der Waals surface area contributed by atoms with Gasteiger partial charge in [0.25, 0.3) is 0 Å². The first kappa shape index (κ1) is 32.8. The highest BCUT2D eigenvalue weighted by Crippen LogP contribution is 2.50. The third-order valence-corrected chi connectivity index (χ3v) is 8.71. The van der Waals surface area contributed by atoms with Crippen LogP contribution >= 0.6 is 0 Å². The molecule has 244 valence electrons. The fourth-order valence-corrected chi connectivity index (χ4v) is 6.42. The van der Waals surface area contributed by atoms with Crippen LogP contribution in [-0.4, -0.2) is 63.8 Å². The molecule has 2 aliphatic rings. The standard InChI is InChI=1S/C36H43N3O7/c1-21(2)33(36(42)39-16-17-46-31(20-39)23-10-8-7-9-11-23)38-28-15-13-25-26(19-29(28)41)27(37-22(3)40)14-12-24-18-30(43-4)34(44-5)35(45-6)32(24)25/h7-11,13,15,18-19,21,27,31,33H,12,14,16-17,20H2,1-6H3,(H,37,40)(H,38,41)/t27-,31?,33-/m0/s1. The zero-order chi connectivity index (χ0) is 33.0. The molecule has 1 unspecified atom stereocenters. The van der Waals surface area contributed by atoms with E-state index in [1.54, 1.807) is 33.5 Å². The molecule has 2 N–H and O–H groups in total. The summed E-state index contributed by atoms with van der Waals surface area (Å²) in [7, 11) is 4.68. The van der Waals surface area contributed by atoms with Crippen molar-refractivity contribution in [3.8, 4) is 28.4 Å². The van der Waals surface area contributed by atoms with Crippen molar-refractivity contribution < 1.29 is 28.5 Å². The van der Waals surface area contributed by atoms with E-state index in [9.17, 15) is 14.4 Å². The van der Waals surface area contributed by atoms with E-state index in [2.05, 4.69) is 10.6 Å². The molecule has 3 aromatic rings.